The van der Waals surface area contributed by atoms with E-state index < -0.39 is 0 Å². The third kappa shape index (κ3) is 1.55. The van der Waals surface area contributed by atoms with E-state index in [-0.39, 0.29) is 5.41 Å². The average Bonchev–Trinajstić information content (AvgIpc) is 2.75. The number of carbonyl (C=O) groups excluding carboxylic acids is 1. The molecule has 0 bridgehead atoms. The van der Waals surface area contributed by atoms with Gasteiger partial charge in [0.15, 0.2) is 5.78 Å². The van der Waals surface area contributed by atoms with Crippen molar-refractivity contribution in [2.24, 2.45) is 11.3 Å². The van der Waals surface area contributed by atoms with Crippen LogP contribution in [0.15, 0.2) is 11.1 Å². The molecule has 0 aromatic rings. The maximum Gasteiger partial charge on any atom is 0.167 e. The molecule has 0 aromatic heterocycles. The molecule has 1 spiro atoms. The second-order valence-corrected chi connectivity index (χ2v) is 5.11. The molecule has 1 fully saturated rings. The van der Waals surface area contributed by atoms with Crippen LogP contribution in [0.25, 0.3) is 0 Å². The number of rotatable bonds is 2. The van der Waals surface area contributed by atoms with Gasteiger partial charge in [0, 0.05) is 6.61 Å². The Bertz CT molecular complexity index is 306. The molecule has 0 saturated carbocycles. The van der Waals surface area contributed by atoms with Crippen LogP contribution in [0.1, 0.15) is 40.0 Å². The van der Waals surface area contributed by atoms with Crippen LogP contribution < -0.4 is 0 Å². The summed E-state index contributed by atoms with van der Waals surface area (Å²) in [6.45, 7) is 7.80. The van der Waals surface area contributed by atoms with Gasteiger partial charge in [-0.3, -0.25) is 4.79 Å². The van der Waals surface area contributed by atoms with E-state index in [2.05, 4.69) is 20.8 Å². The van der Waals surface area contributed by atoms with E-state index in [0.29, 0.717) is 18.3 Å². The molecule has 2 nitrogen and oxygen atoms in total. The van der Waals surface area contributed by atoms with Gasteiger partial charge in [0.1, 0.15) is 0 Å². The van der Waals surface area contributed by atoms with Crippen molar-refractivity contribution in [1.29, 1.82) is 0 Å². The zero-order valence-electron chi connectivity index (χ0n) is 9.93. The van der Waals surface area contributed by atoms with E-state index in [1.165, 1.54) is 5.57 Å². The molecule has 15 heavy (non-hydrogen) atoms. The number of Topliss-reactive ketones (excluding diaryl/α,β-unsaturated/α-hetero) is 1. The van der Waals surface area contributed by atoms with Crippen LogP contribution in [0.2, 0.25) is 0 Å². The molecule has 0 N–H and O–H groups in total. The number of carbonyl (C=O) groups is 1. The fraction of sp³-hybridized carbons (Fsp3) is 0.769. The average molecular weight is 208 g/mol. The van der Waals surface area contributed by atoms with Crippen LogP contribution in [0.4, 0.5) is 0 Å². The SMILES string of the molecule is CCC1=C(C(C)C)C(=O)C2(CCOC2)C1. The lowest BCUT2D eigenvalue weighted by molar-refractivity contribution is -0.124. The standard InChI is InChI=1S/C13H20O2/c1-4-10-7-13(5-6-15-8-13)12(14)11(10)9(2)3/h9H,4-8H2,1-3H3. The Hall–Kier alpha value is -0.630. The largest absolute Gasteiger partial charge is 0.380 e. The topological polar surface area (TPSA) is 26.3 Å². The normalized spacial score (nSPS) is 31.3. The molecule has 1 heterocycles. The fourth-order valence-electron chi connectivity index (χ4n) is 2.94. The Morgan fingerprint density at radius 2 is 2.20 bits per heavy atom. The number of ketones is 1. The summed E-state index contributed by atoms with van der Waals surface area (Å²) in [5.41, 5.74) is 2.31. The molecule has 2 heteroatoms. The van der Waals surface area contributed by atoms with Gasteiger partial charge in [0.05, 0.1) is 12.0 Å². The Balaban J connectivity index is 2.32. The van der Waals surface area contributed by atoms with Gasteiger partial charge < -0.3 is 4.74 Å². The van der Waals surface area contributed by atoms with Crippen LogP contribution in [0.3, 0.4) is 0 Å². The van der Waals surface area contributed by atoms with E-state index in [0.717, 1.165) is 31.4 Å². The van der Waals surface area contributed by atoms with E-state index in [1.807, 2.05) is 0 Å². The fourth-order valence-corrected chi connectivity index (χ4v) is 2.94. The Kier molecular flexibility index (Phi) is 2.72. The summed E-state index contributed by atoms with van der Waals surface area (Å²) in [6, 6.07) is 0. The highest BCUT2D eigenvalue weighted by molar-refractivity contribution is 6.04. The maximum absolute atomic E-state index is 12.4. The van der Waals surface area contributed by atoms with Crippen molar-refractivity contribution in [3.8, 4) is 0 Å². The van der Waals surface area contributed by atoms with Gasteiger partial charge in [-0.15, -0.1) is 0 Å². The van der Waals surface area contributed by atoms with Crippen LogP contribution in [0.5, 0.6) is 0 Å². The predicted octanol–water partition coefficient (Wildman–Crippen LogP) is 2.73. The highest BCUT2D eigenvalue weighted by Gasteiger charge is 2.49. The molecule has 84 valence electrons. The van der Waals surface area contributed by atoms with Crippen LogP contribution in [0, 0.1) is 11.3 Å². The number of ether oxygens (including phenoxy) is 1. The highest BCUT2D eigenvalue weighted by Crippen LogP contribution is 2.47. The summed E-state index contributed by atoms with van der Waals surface area (Å²) in [6.07, 6.45) is 2.89. The Morgan fingerprint density at radius 3 is 2.60 bits per heavy atom. The number of hydrogen-bond acceptors (Lipinski definition) is 2. The van der Waals surface area contributed by atoms with Crippen LogP contribution in [-0.2, 0) is 9.53 Å². The van der Waals surface area contributed by atoms with Gasteiger partial charge in [-0.2, -0.15) is 0 Å². The third-order valence-electron chi connectivity index (χ3n) is 3.77. The summed E-state index contributed by atoms with van der Waals surface area (Å²) in [4.78, 5) is 12.4. The first-order valence-corrected chi connectivity index (χ1v) is 5.95. The maximum atomic E-state index is 12.4. The first kappa shape index (κ1) is 10.9. The molecule has 1 aliphatic carbocycles. The van der Waals surface area contributed by atoms with Gasteiger partial charge >= 0.3 is 0 Å². The minimum absolute atomic E-state index is 0.162. The monoisotopic (exact) mass is 208 g/mol. The summed E-state index contributed by atoms with van der Waals surface area (Å²) in [5.74, 6) is 0.749. The molecule has 2 rings (SSSR count). The van der Waals surface area contributed by atoms with E-state index >= 15 is 0 Å². The van der Waals surface area contributed by atoms with Gasteiger partial charge in [-0.25, -0.2) is 0 Å². The summed E-state index contributed by atoms with van der Waals surface area (Å²) in [5, 5.41) is 0. The summed E-state index contributed by atoms with van der Waals surface area (Å²) < 4.78 is 5.43. The molecular formula is C13H20O2. The Morgan fingerprint density at radius 1 is 1.47 bits per heavy atom. The first-order chi connectivity index (χ1) is 7.10. The molecular weight excluding hydrogens is 188 g/mol. The predicted molar refractivity (Wildman–Crippen MR) is 59.6 cm³/mol. The quantitative estimate of drug-likeness (QED) is 0.697. The number of allylic oxidation sites excluding steroid dienone is 2. The summed E-state index contributed by atoms with van der Waals surface area (Å²) in [7, 11) is 0. The molecule has 0 radical (unpaired) electrons. The van der Waals surface area contributed by atoms with Crippen molar-refractivity contribution in [2.45, 2.75) is 40.0 Å². The van der Waals surface area contributed by atoms with Gasteiger partial charge in [-0.05, 0) is 30.8 Å². The van der Waals surface area contributed by atoms with E-state index in [4.69, 9.17) is 4.74 Å². The zero-order chi connectivity index (χ0) is 11.1. The second-order valence-electron chi connectivity index (χ2n) is 5.11. The lowest BCUT2D eigenvalue weighted by atomic mass is 9.81. The minimum atomic E-state index is -0.162. The van der Waals surface area contributed by atoms with Gasteiger partial charge in [0.25, 0.3) is 0 Å². The third-order valence-corrected chi connectivity index (χ3v) is 3.77. The number of hydrogen-bond donors (Lipinski definition) is 0. The molecule has 2 aliphatic rings. The Labute approximate surface area is 91.7 Å². The van der Waals surface area contributed by atoms with Crippen molar-refractivity contribution in [2.75, 3.05) is 13.2 Å². The minimum Gasteiger partial charge on any atom is -0.380 e. The lowest BCUT2D eigenvalue weighted by Gasteiger charge is -2.20. The van der Waals surface area contributed by atoms with Gasteiger partial charge in [0.2, 0.25) is 0 Å². The summed E-state index contributed by atoms with van der Waals surface area (Å²) >= 11 is 0. The molecule has 0 amide bonds. The molecule has 0 aromatic carbocycles. The molecule has 1 atom stereocenters. The second kappa shape index (κ2) is 3.75. The lowest BCUT2D eigenvalue weighted by Crippen LogP contribution is -2.29. The van der Waals surface area contributed by atoms with Crippen molar-refractivity contribution in [3.63, 3.8) is 0 Å². The highest BCUT2D eigenvalue weighted by atomic mass is 16.5. The van der Waals surface area contributed by atoms with Crippen molar-refractivity contribution < 1.29 is 9.53 Å². The van der Waals surface area contributed by atoms with Crippen LogP contribution >= 0.6 is 0 Å². The molecule has 1 saturated heterocycles. The van der Waals surface area contributed by atoms with E-state index in [9.17, 15) is 4.79 Å². The zero-order valence-corrected chi connectivity index (χ0v) is 9.93. The van der Waals surface area contributed by atoms with Gasteiger partial charge in [-0.1, -0.05) is 26.3 Å². The molecule has 1 unspecified atom stereocenters. The smallest absolute Gasteiger partial charge is 0.167 e. The van der Waals surface area contributed by atoms with Crippen molar-refractivity contribution >= 4 is 5.78 Å². The van der Waals surface area contributed by atoms with Crippen molar-refractivity contribution in [3.05, 3.63) is 11.1 Å². The first-order valence-electron chi connectivity index (χ1n) is 5.95. The van der Waals surface area contributed by atoms with Crippen molar-refractivity contribution in [1.82, 2.24) is 0 Å². The van der Waals surface area contributed by atoms with E-state index in [1.54, 1.807) is 0 Å². The van der Waals surface area contributed by atoms with Crippen LogP contribution in [-0.4, -0.2) is 19.0 Å². The molecule has 1 aliphatic heterocycles.